The van der Waals surface area contributed by atoms with Crippen molar-refractivity contribution >= 4 is 28.9 Å². The lowest BCUT2D eigenvalue weighted by atomic mass is 10.1. The summed E-state index contributed by atoms with van der Waals surface area (Å²) in [5.74, 6) is -0.347. The average Bonchev–Trinajstić information content (AvgIpc) is 3.32. The van der Waals surface area contributed by atoms with Crippen LogP contribution in [0.15, 0.2) is 82.3 Å². The molecule has 0 aliphatic heterocycles. The number of benzene rings is 3. The highest BCUT2D eigenvalue weighted by Crippen LogP contribution is 2.28. The first-order valence-electron chi connectivity index (χ1n) is 9.98. The molecule has 4 rings (SSSR count). The number of ether oxygens (including phenoxy) is 2. The number of furan rings is 1. The lowest BCUT2D eigenvalue weighted by Crippen LogP contribution is -2.17. The Morgan fingerprint density at radius 1 is 1.00 bits per heavy atom. The Balaban J connectivity index is 1.39. The van der Waals surface area contributed by atoms with Gasteiger partial charge in [-0.15, -0.1) is 0 Å². The number of fused-ring (bicyclic) bond motifs is 1. The fourth-order valence-electron chi connectivity index (χ4n) is 3.16. The summed E-state index contributed by atoms with van der Waals surface area (Å²) in [5.41, 5.74) is 3.72. The number of amides is 1. The Kier molecular flexibility index (Phi) is 6.36. The van der Waals surface area contributed by atoms with Crippen molar-refractivity contribution in [1.82, 2.24) is 5.43 Å². The van der Waals surface area contributed by atoms with E-state index in [1.54, 1.807) is 24.3 Å². The van der Waals surface area contributed by atoms with Crippen LogP contribution in [0.2, 0.25) is 0 Å². The molecule has 0 bridgehead atoms. The molecule has 0 spiro atoms. The quantitative estimate of drug-likeness (QED) is 0.306. The van der Waals surface area contributed by atoms with Gasteiger partial charge in [0.2, 0.25) is 5.76 Å². The van der Waals surface area contributed by atoms with Crippen molar-refractivity contribution < 1.29 is 28.6 Å². The molecule has 0 radical (unpaired) electrons. The third-order valence-corrected chi connectivity index (χ3v) is 4.82. The van der Waals surface area contributed by atoms with E-state index in [1.807, 2.05) is 36.4 Å². The number of hydrazone groups is 1. The van der Waals surface area contributed by atoms with Gasteiger partial charge in [0.15, 0.2) is 11.5 Å². The number of carboxylic acid groups (broad SMARTS) is 1. The number of carbonyl (C=O) groups is 2. The molecule has 0 aliphatic carbocycles. The summed E-state index contributed by atoms with van der Waals surface area (Å²) in [5, 5.41) is 15.0. The highest BCUT2D eigenvalue weighted by molar-refractivity contribution is 5.99. The van der Waals surface area contributed by atoms with Crippen LogP contribution in [0.5, 0.6) is 11.5 Å². The zero-order valence-corrected chi connectivity index (χ0v) is 17.6. The molecule has 8 heteroatoms. The van der Waals surface area contributed by atoms with Gasteiger partial charge in [0.1, 0.15) is 12.4 Å². The lowest BCUT2D eigenvalue weighted by molar-refractivity contribution is 0.0657. The van der Waals surface area contributed by atoms with Gasteiger partial charge >= 0.3 is 5.97 Å². The maximum absolute atomic E-state index is 12.4. The molecule has 2 N–H and O–H groups in total. The number of hydrogen-bond acceptors (Lipinski definition) is 6. The third kappa shape index (κ3) is 5.19. The van der Waals surface area contributed by atoms with Crippen LogP contribution in [0.25, 0.3) is 10.8 Å². The number of rotatable bonds is 8. The molecule has 0 atom stereocenters. The van der Waals surface area contributed by atoms with E-state index in [4.69, 9.17) is 19.0 Å². The second-order valence-corrected chi connectivity index (χ2v) is 7.03. The summed E-state index contributed by atoms with van der Waals surface area (Å²) in [7, 11) is 1.50. The molecule has 1 amide bonds. The van der Waals surface area contributed by atoms with Crippen LogP contribution in [0.1, 0.15) is 32.2 Å². The zero-order valence-electron chi connectivity index (χ0n) is 17.6. The summed E-state index contributed by atoms with van der Waals surface area (Å²) >= 11 is 0. The van der Waals surface area contributed by atoms with Gasteiger partial charge in [-0.1, -0.05) is 30.3 Å². The van der Waals surface area contributed by atoms with Crippen molar-refractivity contribution in [2.24, 2.45) is 5.10 Å². The second-order valence-electron chi connectivity index (χ2n) is 7.03. The monoisotopic (exact) mass is 444 g/mol. The lowest BCUT2D eigenvalue weighted by Gasteiger charge is -2.10. The van der Waals surface area contributed by atoms with Gasteiger partial charge in [0.05, 0.1) is 13.3 Å². The van der Waals surface area contributed by atoms with E-state index >= 15 is 0 Å². The molecule has 4 aromatic rings. The third-order valence-electron chi connectivity index (χ3n) is 4.82. The van der Waals surface area contributed by atoms with Gasteiger partial charge in [0, 0.05) is 5.56 Å². The minimum Gasteiger partial charge on any atom is -0.493 e. The van der Waals surface area contributed by atoms with Gasteiger partial charge in [-0.25, -0.2) is 10.2 Å². The number of methoxy groups -OCH3 is 1. The van der Waals surface area contributed by atoms with E-state index in [2.05, 4.69) is 10.5 Å². The van der Waals surface area contributed by atoms with Crippen molar-refractivity contribution in [2.45, 2.75) is 6.61 Å². The van der Waals surface area contributed by atoms with Gasteiger partial charge in [-0.3, -0.25) is 4.79 Å². The first-order valence-corrected chi connectivity index (χ1v) is 9.98. The van der Waals surface area contributed by atoms with E-state index < -0.39 is 5.97 Å². The summed E-state index contributed by atoms with van der Waals surface area (Å²) in [6.07, 6.45) is 1.50. The van der Waals surface area contributed by atoms with Crippen LogP contribution in [0.3, 0.4) is 0 Å². The van der Waals surface area contributed by atoms with E-state index in [9.17, 15) is 9.59 Å². The summed E-state index contributed by atoms with van der Waals surface area (Å²) in [6, 6.07) is 21.3. The molecule has 0 saturated heterocycles. The van der Waals surface area contributed by atoms with Crippen molar-refractivity contribution in [3.05, 3.63) is 95.4 Å². The minimum absolute atomic E-state index is 0.0406. The Bertz CT molecular complexity index is 1340. The first-order chi connectivity index (χ1) is 16.0. The number of nitrogens with one attached hydrogen (secondary N) is 1. The number of aromatic carboxylic acids is 1. The Morgan fingerprint density at radius 3 is 2.58 bits per heavy atom. The summed E-state index contributed by atoms with van der Waals surface area (Å²) in [6.45, 7) is 0.0406. The van der Waals surface area contributed by atoms with Crippen LogP contribution in [0.4, 0.5) is 0 Å². The van der Waals surface area contributed by atoms with Crippen LogP contribution < -0.4 is 14.9 Å². The Labute approximate surface area is 189 Å². The molecule has 166 valence electrons. The molecule has 33 heavy (non-hydrogen) atoms. The topological polar surface area (TPSA) is 110 Å². The molecule has 3 aromatic carbocycles. The van der Waals surface area contributed by atoms with E-state index in [-0.39, 0.29) is 18.3 Å². The molecule has 0 saturated carbocycles. The Hall–Kier alpha value is -4.59. The Morgan fingerprint density at radius 2 is 1.82 bits per heavy atom. The highest BCUT2D eigenvalue weighted by atomic mass is 16.5. The smallest absolute Gasteiger partial charge is 0.371 e. The molecule has 1 heterocycles. The number of nitrogens with zero attached hydrogens (tertiary/aromatic N) is 1. The van der Waals surface area contributed by atoms with E-state index in [0.29, 0.717) is 28.4 Å². The predicted molar refractivity (Wildman–Crippen MR) is 122 cm³/mol. The molecule has 0 fully saturated rings. The van der Waals surface area contributed by atoms with Crippen LogP contribution in [0, 0.1) is 0 Å². The molecule has 8 nitrogen and oxygen atoms in total. The van der Waals surface area contributed by atoms with Gasteiger partial charge < -0.3 is 19.0 Å². The molecule has 1 aromatic heterocycles. The van der Waals surface area contributed by atoms with Crippen molar-refractivity contribution in [3.63, 3.8) is 0 Å². The van der Waals surface area contributed by atoms with Crippen LogP contribution >= 0.6 is 0 Å². The molecule has 0 unspecified atom stereocenters. The van der Waals surface area contributed by atoms with Crippen molar-refractivity contribution in [2.75, 3.05) is 7.11 Å². The summed E-state index contributed by atoms with van der Waals surface area (Å²) < 4.78 is 16.2. The second kappa shape index (κ2) is 9.69. The van der Waals surface area contributed by atoms with Crippen LogP contribution in [-0.4, -0.2) is 30.3 Å². The van der Waals surface area contributed by atoms with Gasteiger partial charge in [-0.05, 0) is 58.8 Å². The van der Waals surface area contributed by atoms with Gasteiger partial charge in [-0.2, -0.15) is 5.10 Å². The molecular formula is C25H20N2O6. The first kappa shape index (κ1) is 21.6. The largest absolute Gasteiger partial charge is 0.493 e. The predicted octanol–water partition coefficient (Wildman–Crippen LogP) is 4.48. The van der Waals surface area contributed by atoms with Crippen molar-refractivity contribution in [3.8, 4) is 11.5 Å². The number of carboxylic acids is 1. The van der Waals surface area contributed by atoms with E-state index in [0.717, 1.165) is 10.8 Å². The average molecular weight is 444 g/mol. The minimum atomic E-state index is -1.14. The number of carbonyl (C=O) groups excluding carboxylic acids is 1. The standard InChI is InChI=1S/C25H20N2O6/c1-31-23-12-16(6-10-21(23)32-15-20-9-11-22(33-20)25(29)30)14-26-27-24(28)19-8-7-17-4-2-3-5-18(17)13-19/h2-14H,15H2,1H3,(H,27,28)(H,29,30)/b26-14-. The molecular weight excluding hydrogens is 424 g/mol. The molecule has 0 aliphatic rings. The van der Waals surface area contributed by atoms with Crippen molar-refractivity contribution in [1.29, 1.82) is 0 Å². The van der Waals surface area contributed by atoms with Crippen LogP contribution in [-0.2, 0) is 6.61 Å². The fourth-order valence-corrected chi connectivity index (χ4v) is 3.16. The zero-order chi connectivity index (χ0) is 23.2. The SMILES string of the molecule is COc1cc(/C=N\NC(=O)c2ccc3ccccc3c2)ccc1OCc1ccc(C(=O)O)o1. The van der Waals surface area contributed by atoms with E-state index in [1.165, 1.54) is 25.5 Å². The number of hydrogen-bond donors (Lipinski definition) is 2. The normalized spacial score (nSPS) is 10.9. The summed E-state index contributed by atoms with van der Waals surface area (Å²) in [4.78, 5) is 23.3. The van der Waals surface area contributed by atoms with Gasteiger partial charge in [0.25, 0.3) is 5.91 Å². The maximum atomic E-state index is 12.4. The maximum Gasteiger partial charge on any atom is 0.371 e. The fraction of sp³-hybridized carbons (Fsp3) is 0.0800. The highest BCUT2D eigenvalue weighted by Gasteiger charge is 2.11.